The van der Waals surface area contributed by atoms with E-state index in [2.05, 4.69) is 15.1 Å². The van der Waals surface area contributed by atoms with Crippen molar-refractivity contribution in [3.05, 3.63) is 52.2 Å². The summed E-state index contributed by atoms with van der Waals surface area (Å²) in [7, 11) is 0. The van der Waals surface area contributed by atoms with Gasteiger partial charge in [-0.2, -0.15) is 18.2 Å². The Bertz CT molecular complexity index is 737. The highest BCUT2D eigenvalue weighted by Crippen LogP contribution is 2.31. The van der Waals surface area contributed by atoms with Gasteiger partial charge in [0, 0.05) is 23.7 Å². The van der Waals surface area contributed by atoms with Gasteiger partial charge in [-0.15, -0.1) is 11.3 Å². The highest BCUT2D eigenvalue weighted by atomic mass is 32.1. The summed E-state index contributed by atoms with van der Waals surface area (Å²) >= 11 is 1.55. The first-order chi connectivity index (χ1) is 10.0. The minimum Gasteiger partial charge on any atom is -0.334 e. The zero-order chi connectivity index (χ0) is 14.9. The van der Waals surface area contributed by atoms with E-state index in [1.807, 2.05) is 17.5 Å². The van der Waals surface area contributed by atoms with Crippen LogP contribution in [0, 0.1) is 0 Å². The molecular formula is C13H8F3N3OS. The van der Waals surface area contributed by atoms with Crippen molar-refractivity contribution in [2.24, 2.45) is 0 Å². The van der Waals surface area contributed by atoms with Gasteiger partial charge in [0.15, 0.2) is 5.82 Å². The number of nitrogens with zero attached hydrogens (tertiary/aromatic N) is 3. The van der Waals surface area contributed by atoms with Gasteiger partial charge in [-0.25, -0.2) is 0 Å². The third kappa shape index (κ3) is 3.10. The first-order valence-electron chi connectivity index (χ1n) is 5.90. The van der Waals surface area contributed by atoms with Crippen LogP contribution in [0.1, 0.15) is 16.3 Å². The van der Waals surface area contributed by atoms with Gasteiger partial charge in [-0.05, 0) is 17.5 Å². The maximum atomic E-state index is 12.6. The molecule has 0 aromatic carbocycles. The second-order valence-electron chi connectivity index (χ2n) is 4.23. The molecule has 0 radical (unpaired) electrons. The molecule has 0 unspecified atom stereocenters. The molecule has 3 heterocycles. The summed E-state index contributed by atoms with van der Waals surface area (Å²) in [5.41, 5.74) is -0.701. The summed E-state index contributed by atoms with van der Waals surface area (Å²) in [6, 6.07) is 4.76. The van der Waals surface area contributed by atoms with E-state index in [4.69, 9.17) is 4.52 Å². The standard InChI is InChI=1S/C13H8F3N3OS/c14-13(15,16)9-4-8(6-17-7-9)12-18-11(19-20-12)5-10-2-1-3-21-10/h1-4,6-7H,5H2. The van der Waals surface area contributed by atoms with E-state index in [9.17, 15) is 13.2 Å². The van der Waals surface area contributed by atoms with Gasteiger partial charge < -0.3 is 4.52 Å². The van der Waals surface area contributed by atoms with Gasteiger partial charge in [0.05, 0.1) is 11.1 Å². The molecular weight excluding hydrogens is 303 g/mol. The van der Waals surface area contributed by atoms with E-state index in [1.54, 1.807) is 11.3 Å². The molecule has 3 aromatic heterocycles. The summed E-state index contributed by atoms with van der Waals surface area (Å²) in [5, 5.41) is 5.69. The van der Waals surface area contributed by atoms with E-state index in [0.717, 1.165) is 17.1 Å². The van der Waals surface area contributed by atoms with E-state index in [-0.39, 0.29) is 11.5 Å². The molecule has 0 atom stereocenters. The molecule has 0 amide bonds. The second-order valence-corrected chi connectivity index (χ2v) is 5.26. The summed E-state index contributed by atoms with van der Waals surface area (Å²) < 4.78 is 42.9. The highest BCUT2D eigenvalue weighted by molar-refractivity contribution is 7.09. The summed E-state index contributed by atoms with van der Waals surface area (Å²) in [4.78, 5) is 8.71. The first kappa shape index (κ1) is 13.7. The number of pyridine rings is 1. The minimum absolute atomic E-state index is 0.0279. The number of aromatic nitrogens is 3. The first-order valence-corrected chi connectivity index (χ1v) is 6.78. The lowest BCUT2D eigenvalue weighted by Crippen LogP contribution is -2.05. The fourth-order valence-electron chi connectivity index (χ4n) is 1.72. The molecule has 0 spiro atoms. The van der Waals surface area contributed by atoms with Gasteiger partial charge in [0.25, 0.3) is 5.89 Å². The Balaban J connectivity index is 1.86. The van der Waals surface area contributed by atoms with Gasteiger partial charge in [-0.3, -0.25) is 4.98 Å². The molecule has 8 heteroatoms. The lowest BCUT2D eigenvalue weighted by atomic mass is 10.2. The van der Waals surface area contributed by atoms with Crippen molar-refractivity contribution >= 4 is 11.3 Å². The van der Waals surface area contributed by atoms with E-state index in [1.165, 1.54) is 6.20 Å². The number of halogens is 3. The number of thiophene rings is 1. The van der Waals surface area contributed by atoms with Crippen molar-refractivity contribution in [3.63, 3.8) is 0 Å². The Morgan fingerprint density at radius 1 is 1.24 bits per heavy atom. The normalized spacial score (nSPS) is 11.8. The third-order valence-corrected chi connectivity index (χ3v) is 3.57. The molecule has 0 fully saturated rings. The smallest absolute Gasteiger partial charge is 0.334 e. The fraction of sp³-hybridized carbons (Fsp3) is 0.154. The Kier molecular flexibility index (Phi) is 3.46. The van der Waals surface area contributed by atoms with Gasteiger partial charge in [0.2, 0.25) is 0 Å². The lowest BCUT2D eigenvalue weighted by molar-refractivity contribution is -0.137. The van der Waals surface area contributed by atoms with Crippen LogP contribution in [0.2, 0.25) is 0 Å². The third-order valence-electron chi connectivity index (χ3n) is 2.69. The Morgan fingerprint density at radius 3 is 2.81 bits per heavy atom. The molecule has 3 aromatic rings. The molecule has 0 bridgehead atoms. The minimum atomic E-state index is -4.46. The Morgan fingerprint density at radius 2 is 2.10 bits per heavy atom. The Labute approximate surface area is 121 Å². The molecule has 21 heavy (non-hydrogen) atoms. The monoisotopic (exact) mass is 311 g/mol. The molecule has 0 aliphatic heterocycles. The summed E-state index contributed by atoms with van der Waals surface area (Å²) in [6.07, 6.45) is -1.96. The van der Waals surface area contributed by atoms with Gasteiger partial charge in [-0.1, -0.05) is 11.2 Å². The van der Waals surface area contributed by atoms with Crippen LogP contribution in [-0.2, 0) is 12.6 Å². The molecule has 4 nitrogen and oxygen atoms in total. The molecule has 0 saturated carbocycles. The van der Waals surface area contributed by atoms with Crippen molar-refractivity contribution in [3.8, 4) is 11.5 Å². The molecule has 0 N–H and O–H groups in total. The van der Waals surface area contributed by atoms with E-state index >= 15 is 0 Å². The molecule has 108 valence electrons. The van der Waals surface area contributed by atoms with Gasteiger partial charge in [0.1, 0.15) is 0 Å². The van der Waals surface area contributed by atoms with Crippen molar-refractivity contribution in [2.45, 2.75) is 12.6 Å². The number of rotatable bonds is 3. The maximum Gasteiger partial charge on any atom is 0.417 e. The Hall–Kier alpha value is -2.22. The van der Waals surface area contributed by atoms with Crippen LogP contribution in [0.5, 0.6) is 0 Å². The highest BCUT2D eigenvalue weighted by Gasteiger charge is 2.31. The predicted octanol–water partition coefficient (Wildman–Crippen LogP) is 3.80. The van der Waals surface area contributed by atoms with Crippen LogP contribution in [-0.4, -0.2) is 15.1 Å². The average Bonchev–Trinajstić information content (AvgIpc) is 3.10. The van der Waals surface area contributed by atoms with Crippen LogP contribution in [0.25, 0.3) is 11.5 Å². The molecule has 0 aliphatic carbocycles. The SMILES string of the molecule is FC(F)(F)c1cncc(-c2nc(Cc3cccs3)no2)c1. The van der Waals surface area contributed by atoms with Crippen LogP contribution >= 0.6 is 11.3 Å². The van der Waals surface area contributed by atoms with E-state index < -0.39 is 11.7 Å². The predicted molar refractivity (Wildman–Crippen MR) is 69.7 cm³/mol. The second kappa shape index (κ2) is 5.28. The molecule has 0 aliphatic rings. The average molecular weight is 311 g/mol. The fourth-order valence-corrected chi connectivity index (χ4v) is 2.43. The summed E-state index contributed by atoms with van der Waals surface area (Å²) in [6.45, 7) is 0. The quantitative estimate of drug-likeness (QED) is 0.738. The topological polar surface area (TPSA) is 51.8 Å². The number of hydrogen-bond donors (Lipinski definition) is 0. The van der Waals surface area contributed by atoms with Crippen LogP contribution in [0.15, 0.2) is 40.5 Å². The van der Waals surface area contributed by atoms with Crippen LogP contribution in [0.3, 0.4) is 0 Å². The lowest BCUT2D eigenvalue weighted by Gasteiger charge is -2.05. The zero-order valence-corrected chi connectivity index (χ0v) is 11.3. The molecule has 3 rings (SSSR count). The number of alkyl halides is 3. The molecule has 0 saturated heterocycles. The number of hydrogen-bond acceptors (Lipinski definition) is 5. The van der Waals surface area contributed by atoms with Crippen molar-refractivity contribution in [2.75, 3.05) is 0 Å². The summed E-state index contributed by atoms with van der Waals surface area (Å²) in [5.74, 6) is 0.449. The van der Waals surface area contributed by atoms with Crippen LogP contribution in [0.4, 0.5) is 13.2 Å². The van der Waals surface area contributed by atoms with Crippen molar-refractivity contribution in [1.82, 2.24) is 15.1 Å². The van der Waals surface area contributed by atoms with E-state index in [0.29, 0.717) is 12.2 Å². The maximum absolute atomic E-state index is 12.6. The van der Waals surface area contributed by atoms with Gasteiger partial charge >= 0.3 is 6.18 Å². The largest absolute Gasteiger partial charge is 0.417 e. The van der Waals surface area contributed by atoms with Crippen LogP contribution < -0.4 is 0 Å². The zero-order valence-electron chi connectivity index (χ0n) is 10.5. The van der Waals surface area contributed by atoms with Crippen molar-refractivity contribution < 1.29 is 17.7 Å². The van der Waals surface area contributed by atoms with Crippen molar-refractivity contribution in [1.29, 1.82) is 0 Å².